The van der Waals surface area contributed by atoms with E-state index in [0.29, 0.717) is 97.8 Å². The third kappa shape index (κ3) is 16.0. The number of rotatable bonds is 30. The monoisotopic (exact) mass is 966 g/mol. The van der Waals surface area contributed by atoms with Gasteiger partial charge in [0.25, 0.3) is 5.91 Å². The summed E-state index contributed by atoms with van der Waals surface area (Å²) in [6.45, 7) is 4.99. The molecule has 2 unspecified atom stereocenters. The van der Waals surface area contributed by atoms with Crippen molar-refractivity contribution < 1.29 is 79.6 Å². The van der Waals surface area contributed by atoms with Gasteiger partial charge in [0, 0.05) is 37.5 Å². The number of carbonyl (C=O) groups is 2. The molecule has 370 valence electrons. The van der Waals surface area contributed by atoms with Crippen LogP contribution in [0.25, 0.3) is 0 Å². The van der Waals surface area contributed by atoms with Crippen LogP contribution in [0.15, 0.2) is 24.4 Å². The minimum absolute atomic E-state index is 0.0127. The number of ether oxygens (including phenoxy) is 10. The van der Waals surface area contributed by atoms with Crippen molar-refractivity contribution in [3.8, 4) is 0 Å². The minimum atomic E-state index is -4.92. The Hall–Kier alpha value is -4.17. The lowest BCUT2D eigenvalue weighted by Gasteiger charge is -2.25. The van der Waals surface area contributed by atoms with E-state index < -0.39 is 47.6 Å². The number of anilines is 2. The average Bonchev–Trinajstić information content (AvgIpc) is 4.04. The van der Waals surface area contributed by atoms with Crippen LogP contribution in [-0.2, 0) is 72.9 Å². The van der Waals surface area contributed by atoms with Crippen molar-refractivity contribution >= 4 is 35.2 Å². The van der Waals surface area contributed by atoms with Crippen molar-refractivity contribution in [1.29, 1.82) is 0 Å². The Balaban J connectivity index is 0.934. The summed E-state index contributed by atoms with van der Waals surface area (Å²) in [6, 6.07) is 3.72. The number of amides is 1. The number of nitrogens with one attached hydrogen (secondary N) is 1. The molecule has 2 fully saturated rings. The maximum atomic E-state index is 14.3. The summed E-state index contributed by atoms with van der Waals surface area (Å²) < 4.78 is 111. The van der Waals surface area contributed by atoms with Crippen LogP contribution in [0.1, 0.15) is 58.9 Å². The zero-order valence-corrected chi connectivity index (χ0v) is 37.7. The molecular formula is C42H59ClF4N6O13. The maximum Gasteiger partial charge on any atom is 0.510 e. The summed E-state index contributed by atoms with van der Waals surface area (Å²) >= 11 is 5.87. The van der Waals surface area contributed by atoms with E-state index in [4.69, 9.17) is 64.7 Å². The molecule has 0 radical (unpaired) electrons. The molecule has 0 aliphatic heterocycles. The number of nitrogens with zero attached hydrogens (tertiary/aromatic N) is 4. The number of fused-ring (bicyclic) bond motifs is 1. The number of hydrogen-bond donors (Lipinski definition) is 3. The van der Waals surface area contributed by atoms with Gasteiger partial charge in [-0.1, -0.05) is 11.6 Å². The van der Waals surface area contributed by atoms with Gasteiger partial charge in [0.05, 0.1) is 115 Å². The second-order valence-corrected chi connectivity index (χ2v) is 16.0. The lowest BCUT2D eigenvalue weighted by atomic mass is 9.87. The van der Waals surface area contributed by atoms with E-state index in [-0.39, 0.29) is 79.1 Å². The van der Waals surface area contributed by atoms with E-state index >= 15 is 0 Å². The number of methoxy groups -OCH3 is 1. The summed E-state index contributed by atoms with van der Waals surface area (Å²) in [6.07, 6.45) is -4.23. The zero-order valence-electron chi connectivity index (χ0n) is 37.0. The lowest BCUT2D eigenvalue weighted by Crippen LogP contribution is -2.26. The molecule has 1 aromatic carbocycles. The van der Waals surface area contributed by atoms with Crippen molar-refractivity contribution in [2.75, 3.05) is 124 Å². The topological polar surface area (TPSA) is 220 Å². The van der Waals surface area contributed by atoms with Crippen LogP contribution in [0, 0.1) is 17.7 Å². The minimum Gasteiger partial charge on any atom is -0.432 e. The van der Waals surface area contributed by atoms with Gasteiger partial charge < -0.3 is 63.5 Å². The number of halogens is 5. The number of hydrogen-bond acceptors (Lipinski definition) is 16. The van der Waals surface area contributed by atoms with Crippen LogP contribution in [0.3, 0.4) is 0 Å². The van der Waals surface area contributed by atoms with Gasteiger partial charge in [-0.15, -0.1) is 0 Å². The molecule has 2 atom stereocenters. The molecule has 0 bridgehead atoms. The van der Waals surface area contributed by atoms with Crippen LogP contribution in [0.2, 0.25) is 5.02 Å². The Morgan fingerprint density at radius 1 is 0.818 bits per heavy atom. The molecule has 4 N–H and O–H groups in total. The highest BCUT2D eigenvalue weighted by atomic mass is 35.5. The van der Waals surface area contributed by atoms with E-state index in [1.807, 2.05) is 0 Å². The third-order valence-electron chi connectivity index (χ3n) is 10.9. The quantitative estimate of drug-likeness (QED) is 0.0458. The third-order valence-corrected chi connectivity index (χ3v) is 11.2. The molecular weight excluding hydrogens is 908 g/mol. The number of benzene rings is 1. The highest BCUT2D eigenvalue weighted by Gasteiger charge is 2.54. The van der Waals surface area contributed by atoms with Crippen molar-refractivity contribution in [3.63, 3.8) is 0 Å². The highest BCUT2D eigenvalue weighted by molar-refractivity contribution is 6.31. The van der Waals surface area contributed by atoms with Gasteiger partial charge in [-0.3, -0.25) is 9.48 Å². The molecule has 24 heteroatoms. The fourth-order valence-corrected chi connectivity index (χ4v) is 8.08. The van der Waals surface area contributed by atoms with Crippen LogP contribution < -0.4 is 11.1 Å². The summed E-state index contributed by atoms with van der Waals surface area (Å²) in [4.78, 5) is 25.6. The molecule has 66 heavy (non-hydrogen) atoms. The van der Waals surface area contributed by atoms with Gasteiger partial charge >= 0.3 is 12.3 Å². The number of nitrogens with two attached hydrogens (primary N) is 1. The Bertz CT molecular complexity index is 1960. The van der Waals surface area contributed by atoms with Gasteiger partial charge in [0.15, 0.2) is 12.4 Å². The number of alkyl halides is 3. The number of aryl methyl sites for hydroxylation is 1. The molecule has 2 saturated carbocycles. The molecule has 1 amide bonds. The van der Waals surface area contributed by atoms with Gasteiger partial charge in [-0.2, -0.15) is 23.4 Å². The normalized spacial score (nSPS) is 19.4. The van der Waals surface area contributed by atoms with E-state index in [2.05, 4.69) is 15.5 Å². The lowest BCUT2D eigenvalue weighted by molar-refractivity contribution is -0.144. The molecule has 2 aromatic heterocycles. The van der Waals surface area contributed by atoms with Crippen molar-refractivity contribution in [1.82, 2.24) is 19.6 Å². The molecule has 0 saturated heterocycles. The Morgan fingerprint density at radius 2 is 1.32 bits per heavy atom. The van der Waals surface area contributed by atoms with Crippen molar-refractivity contribution in [2.45, 2.75) is 50.1 Å². The van der Waals surface area contributed by atoms with Gasteiger partial charge in [-0.25, -0.2) is 13.9 Å². The van der Waals surface area contributed by atoms with E-state index in [1.165, 1.54) is 16.8 Å². The van der Waals surface area contributed by atoms with E-state index in [1.54, 1.807) is 14.2 Å². The smallest absolute Gasteiger partial charge is 0.432 e. The highest BCUT2D eigenvalue weighted by Crippen LogP contribution is 2.58. The first kappa shape index (κ1) is 52.8. The van der Waals surface area contributed by atoms with Crippen LogP contribution >= 0.6 is 11.6 Å². The fraction of sp³-hybridized carbons (Fsp3) is 0.667. The molecule has 3 aromatic rings. The Kier molecular flexibility index (Phi) is 21.1. The van der Waals surface area contributed by atoms with Gasteiger partial charge in [0.1, 0.15) is 23.8 Å². The second-order valence-electron chi connectivity index (χ2n) is 15.6. The van der Waals surface area contributed by atoms with Crippen LogP contribution in [0.5, 0.6) is 0 Å². The maximum absolute atomic E-state index is 14.3. The predicted molar refractivity (Wildman–Crippen MR) is 226 cm³/mol. The summed E-state index contributed by atoms with van der Waals surface area (Å²) in [5.74, 6) is -1.86. The molecule has 5 rings (SSSR count). The number of aromatic nitrogens is 4. The molecule has 0 spiro atoms. The number of nitrogen functional groups attached to an aromatic ring is 1. The molecule has 2 aliphatic rings. The summed E-state index contributed by atoms with van der Waals surface area (Å²) in [5.41, 5.74) is 3.42. The van der Waals surface area contributed by atoms with E-state index in [0.717, 1.165) is 16.9 Å². The first-order valence-electron chi connectivity index (χ1n) is 21.5. The summed E-state index contributed by atoms with van der Waals surface area (Å²) in [7, 11) is 3.20. The van der Waals surface area contributed by atoms with Gasteiger partial charge in [0.2, 0.25) is 0 Å². The number of carbonyl (C=O) groups excluding carboxylic acids is 2. The van der Waals surface area contributed by atoms with Gasteiger partial charge in [-0.05, 0) is 55.7 Å². The zero-order chi connectivity index (χ0) is 47.5. The molecule has 2 aliphatic carbocycles. The SMILES string of the molecule is COCCOCCOCCOCCOCCOCCOCCOCCOC(=O)OCn1cc(C2(O)CC3CC(c4nn(C)c(N)c4C(=O)Nc4ccc(F)c(Cl)c4)CC3C2)c(C(F)(F)F)n1. The average molecular weight is 967 g/mol. The van der Waals surface area contributed by atoms with Crippen LogP contribution in [0.4, 0.5) is 33.9 Å². The second kappa shape index (κ2) is 26.4. The summed E-state index contributed by atoms with van der Waals surface area (Å²) in [5, 5.41) is 22.3. The first-order valence-corrected chi connectivity index (χ1v) is 21.9. The van der Waals surface area contributed by atoms with Crippen LogP contribution in [-0.4, -0.2) is 150 Å². The first-order chi connectivity index (χ1) is 31.7. The van der Waals surface area contributed by atoms with Crippen molar-refractivity contribution in [2.24, 2.45) is 18.9 Å². The predicted octanol–water partition coefficient (Wildman–Crippen LogP) is 4.93. The van der Waals surface area contributed by atoms with Crippen molar-refractivity contribution in [3.05, 3.63) is 57.8 Å². The van der Waals surface area contributed by atoms with E-state index in [9.17, 15) is 32.3 Å². The standard InChI is InChI=1S/C42H59ClF4N6O13/c1-52-38(48)35(39(54)49-31-3-4-34(44)33(43)23-31)36(50-52)28-21-29-24-41(56,25-30(29)22-28)32-26-53(51-37(32)42(45,46)47)27-66-40(55)65-20-19-64-18-17-63-16-15-62-14-13-61-12-11-60-10-9-59-8-7-58-6-5-57-2/h3-4,23,26,28-30,56H,5-22,24-25,27,48H2,1-2H3,(H,49,54). The number of aliphatic hydroxyl groups is 1. The Morgan fingerprint density at radius 3 is 1.80 bits per heavy atom. The molecule has 19 nitrogen and oxygen atoms in total. The Labute approximate surface area is 384 Å². The largest absolute Gasteiger partial charge is 0.510 e. The molecule has 2 heterocycles. The fourth-order valence-electron chi connectivity index (χ4n) is 7.90.